The second kappa shape index (κ2) is 7.59. The summed E-state index contributed by atoms with van der Waals surface area (Å²) < 4.78 is 5.03. The number of ether oxygens (including phenoxy) is 1. The van der Waals surface area contributed by atoms with Gasteiger partial charge in [-0.15, -0.1) is 0 Å². The van der Waals surface area contributed by atoms with Crippen molar-refractivity contribution in [2.75, 3.05) is 32.8 Å². The highest BCUT2D eigenvalue weighted by Crippen LogP contribution is 2.24. The van der Waals surface area contributed by atoms with Gasteiger partial charge >= 0.3 is 11.0 Å². The predicted octanol–water partition coefficient (Wildman–Crippen LogP) is 1.77. The Labute approximate surface area is 143 Å². The molecule has 1 fully saturated rings. The molecule has 3 heterocycles. The van der Waals surface area contributed by atoms with E-state index in [1.54, 1.807) is 17.3 Å². The first kappa shape index (κ1) is 16.7. The van der Waals surface area contributed by atoms with Crippen LogP contribution in [0.1, 0.15) is 11.8 Å². The fraction of sp³-hybridized carbons (Fsp3) is 0.438. The molecular weight excluding hydrogens is 328 g/mol. The number of thiazole rings is 1. The molecule has 0 bridgehead atoms. The number of hydrogen-bond donors (Lipinski definition) is 1. The van der Waals surface area contributed by atoms with Crippen LogP contribution in [0.25, 0.3) is 11.3 Å². The first-order valence-corrected chi connectivity index (χ1v) is 8.75. The summed E-state index contributed by atoms with van der Waals surface area (Å²) in [7, 11) is 0. The SMILES string of the molecule is CCOC(=O)N1CCN(Cc2sc(=O)[nH]c2-c2ccncc2)CC1. The van der Waals surface area contributed by atoms with E-state index in [4.69, 9.17) is 4.74 Å². The van der Waals surface area contributed by atoms with E-state index in [9.17, 15) is 9.59 Å². The minimum absolute atomic E-state index is 0.0537. The second-order valence-corrected chi connectivity index (χ2v) is 6.58. The molecule has 1 aliphatic heterocycles. The van der Waals surface area contributed by atoms with Crippen molar-refractivity contribution in [1.82, 2.24) is 19.8 Å². The molecule has 128 valence electrons. The van der Waals surface area contributed by atoms with Crippen LogP contribution in [0.15, 0.2) is 29.3 Å². The van der Waals surface area contributed by atoms with Crippen LogP contribution in [0, 0.1) is 0 Å². The van der Waals surface area contributed by atoms with Crippen LogP contribution in [0.2, 0.25) is 0 Å². The van der Waals surface area contributed by atoms with Crippen molar-refractivity contribution in [3.05, 3.63) is 39.1 Å². The first-order chi connectivity index (χ1) is 11.7. The summed E-state index contributed by atoms with van der Waals surface area (Å²) in [6.07, 6.45) is 3.18. The lowest BCUT2D eigenvalue weighted by Gasteiger charge is -2.33. The van der Waals surface area contributed by atoms with E-state index in [1.165, 1.54) is 11.3 Å². The van der Waals surface area contributed by atoms with E-state index in [2.05, 4.69) is 14.9 Å². The molecule has 0 saturated carbocycles. The summed E-state index contributed by atoms with van der Waals surface area (Å²) in [5.74, 6) is 0. The van der Waals surface area contributed by atoms with E-state index in [0.717, 1.165) is 29.2 Å². The number of rotatable bonds is 4. The molecule has 0 unspecified atom stereocenters. The largest absolute Gasteiger partial charge is 0.450 e. The number of nitrogens with one attached hydrogen (secondary N) is 1. The lowest BCUT2D eigenvalue weighted by Crippen LogP contribution is -2.48. The highest BCUT2D eigenvalue weighted by molar-refractivity contribution is 7.09. The van der Waals surface area contributed by atoms with Crippen LogP contribution in [0.4, 0.5) is 4.79 Å². The van der Waals surface area contributed by atoms with Gasteiger partial charge in [0.2, 0.25) is 0 Å². The van der Waals surface area contributed by atoms with Crippen molar-refractivity contribution in [1.29, 1.82) is 0 Å². The van der Waals surface area contributed by atoms with Gasteiger partial charge in [0.05, 0.1) is 12.3 Å². The Bertz CT molecular complexity index is 735. The van der Waals surface area contributed by atoms with Gasteiger partial charge in [0.1, 0.15) is 0 Å². The number of carbonyl (C=O) groups excluding carboxylic acids is 1. The average Bonchev–Trinajstić information content (AvgIpc) is 2.97. The van der Waals surface area contributed by atoms with Gasteiger partial charge in [0.25, 0.3) is 0 Å². The number of carbonyl (C=O) groups is 1. The van der Waals surface area contributed by atoms with Crippen LogP contribution >= 0.6 is 11.3 Å². The Morgan fingerprint density at radius 1 is 1.29 bits per heavy atom. The summed E-state index contributed by atoms with van der Waals surface area (Å²) in [5.41, 5.74) is 1.82. The summed E-state index contributed by atoms with van der Waals surface area (Å²) in [5, 5.41) is 0. The number of hydrogen-bond acceptors (Lipinski definition) is 6. The summed E-state index contributed by atoms with van der Waals surface area (Å²) in [6.45, 7) is 5.71. The van der Waals surface area contributed by atoms with E-state index in [0.29, 0.717) is 26.2 Å². The zero-order chi connectivity index (χ0) is 16.9. The molecule has 0 radical (unpaired) electrons. The van der Waals surface area contributed by atoms with Gasteiger partial charge < -0.3 is 14.6 Å². The van der Waals surface area contributed by atoms with Crippen LogP contribution in [-0.4, -0.2) is 58.6 Å². The van der Waals surface area contributed by atoms with Crippen molar-refractivity contribution in [3.63, 3.8) is 0 Å². The average molecular weight is 348 g/mol. The highest BCUT2D eigenvalue weighted by Gasteiger charge is 2.23. The maximum absolute atomic E-state index is 11.8. The van der Waals surface area contributed by atoms with Gasteiger partial charge in [-0.3, -0.25) is 14.7 Å². The zero-order valence-electron chi connectivity index (χ0n) is 13.5. The Kier molecular flexibility index (Phi) is 5.27. The maximum Gasteiger partial charge on any atom is 0.409 e. The fourth-order valence-corrected chi connectivity index (χ4v) is 3.62. The van der Waals surface area contributed by atoms with Crippen LogP contribution in [-0.2, 0) is 11.3 Å². The Balaban J connectivity index is 1.66. The number of amides is 1. The Hall–Kier alpha value is -2.19. The normalized spacial score (nSPS) is 15.5. The molecule has 24 heavy (non-hydrogen) atoms. The van der Waals surface area contributed by atoms with Gasteiger partial charge in [0, 0.05) is 55.6 Å². The fourth-order valence-electron chi connectivity index (χ4n) is 2.73. The lowest BCUT2D eigenvalue weighted by atomic mass is 10.1. The Morgan fingerprint density at radius 3 is 2.67 bits per heavy atom. The Morgan fingerprint density at radius 2 is 2.00 bits per heavy atom. The second-order valence-electron chi connectivity index (χ2n) is 5.51. The number of piperazine rings is 1. The van der Waals surface area contributed by atoms with Crippen molar-refractivity contribution < 1.29 is 9.53 Å². The van der Waals surface area contributed by atoms with Gasteiger partial charge in [-0.2, -0.15) is 0 Å². The molecule has 8 heteroatoms. The molecule has 0 atom stereocenters. The highest BCUT2D eigenvalue weighted by atomic mass is 32.1. The lowest BCUT2D eigenvalue weighted by molar-refractivity contribution is 0.0781. The van der Waals surface area contributed by atoms with E-state index in [-0.39, 0.29) is 11.0 Å². The third-order valence-electron chi connectivity index (χ3n) is 3.96. The monoisotopic (exact) mass is 348 g/mol. The molecule has 2 aromatic rings. The zero-order valence-corrected chi connectivity index (χ0v) is 14.3. The van der Waals surface area contributed by atoms with Gasteiger partial charge in [-0.05, 0) is 19.1 Å². The quantitative estimate of drug-likeness (QED) is 0.911. The van der Waals surface area contributed by atoms with Gasteiger partial charge in [-0.25, -0.2) is 4.79 Å². The summed E-state index contributed by atoms with van der Waals surface area (Å²) in [6, 6.07) is 3.78. The van der Waals surface area contributed by atoms with Crippen molar-refractivity contribution in [3.8, 4) is 11.3 Å². The molecule has 3 rings (SSSR count). The molecule has 1 amide bonds. The standard InChI is InChI=1S/C16H20N4O3S/c1-2-23-16(22)20-9-7-19(8-10-20)11-13-14(18-15(21)24-13)12-3-5-17-6-4-12/h3-6H,2,7-11H2,1H3,(H,18,21). The van der Waals surface area contributed by atoms with Crippen LogP contribution in [0.3, 0.4) is 0 Å². The third kappa shape index (κ3) is 3.82. The summed E-state index contributed by atoms with van der Waals surface area (Å²) >= 11 is 1.24. The van der Waals surface area contributed by atoms with Gasteiger partial charge in [-0.1, -0.05) is 11.3 Å². The molecule has 0 aliphatic carbocycles. The number of aromatic amines is 1. The van der Waals surface area contributed by atoms with Crippen molar-refractivity contribution in [2.45, 2.75) is 13.5 Å². The third-order valence-corrected chi connectivity index (χ3v) is 4.82. The molecule has 1 aliphatic rings. The number of pyridine rings is 1. The van der Waals surface area contributed by atoms with E-state index < -0.39 is 0 Å². The summed E-state index contributed by atoms with van der Waals surface area (Å²) in [4.78, 5) is 35.4. The molecular formula is C16H20N4O3S. The molecule has 0 spiro atoms. The minimum atomic E-state index is -0.249. The van der Waals surface area contributed by atoms with Crippen LogP contribution in [0.5, 0.6) is 0 Å². The maximum atomic E-state index is 11.8. The van der Waals surface area contributed by atoms with Gasteiger partial charge in [0.15, 0.2) is 0 Å². The molecule has 0 aromatic carbocycles. The molecule has 2 aromatic heterocycles. The molecule has 7 nitrogen and oxygen atoms in total. The first-order valence-electron chi connectivity index (χ1n) is 7.94. The predicted molar refractivity (Wildman–Crippen MR) is 92.0 cm³/mol. The topological polar surface area (TPSA) is 78.5 Å². The molecule has 1 N–H and O–H groups in total. The molecule has 1 saturated heterocycles. The minimum Gasteiger partial charge on any atom is -0.450 e. The van der Waals surface area contributed by atoms with E-state index >= 15 is 0 Å². The van der Waals surface area contributed by atoms with Crippen molar-refractivity contribution >= 4 is 17.4 Å². The number of H-pyrrole nitrogens is 1. The smallest absolute Gasteiger partial charge is 0.409 e. The number of aromatic nitrogens is 2. The van der Waals surface area contributed by atoms with Crippen molar-refractivity contribution in [2.24, 2.45) is 0 Å². The van der Waals surface area contributed by atoms with E-state index in [1.807, 2.05) is 19.1 Å². The number of nitrogens with zero attached hydrogens (tertiary/aromatic N) is 3. The van der Waals surface area contributed by atoms with Crippen LogP contribution < -0.4 is 4.87 Å².